The Balaban J connectivity index is 1.40. The Hall–Kier alpha value is -3.42. The van der Waals surface area contributed by atoms with Gasteiger partial charge in [-0.05, 0) is 52.4 Å². The maximum Gasteiger partial charge on any atom is 0.251 e. The number of carbonyl (C=O) groups is 1. The molecule has 8 nitrogen and oxygen atoms in total. The Morgan fingerprint density at radius 1 is 1.08 bits per heavy atom. The van der Waals surface area contributed by atoms with Crippen molar-refractivity contribution in [3.8, 4) is 17.2 Å². The van der Waals surface area contributed by atoms with Gasteiger partial charge < -0.3 is 14.8 Å². The van der Waals surface area contributed by atoms with Gasteiger partial charge in [-0.3, -0.25) is 4.79 Å². The average molecular weight is 337 g/mol. The van der Waals surface area contributed by atoms with Crippen LogP contribution in [0.1, 0.15) is 15.9 Å². The first-order valence-corrected chi connectivity index (χ1v) is 7.80. The zero-order valence-corrected chi connectivity index (χ0v) is 13.3. The molecular formula is C17H15N5O3. The molecule has 8 heteroatoms. The molecule has 1 aliphatic rings. The Kier molecular flexibility index (Phi) is 3.99. The number of tetrazole rings is 1. The predicted molar refractivity (Wildman–Crippen MR) is 87.8 cm³/mol. The summed E-state index contributed by atoms with van der Waals surface area (Å²) in [7, 11) is 0. The zero-order chi connectivity index (χ0) is 17.1. The van der Waals surface area contributed by atoms with Crippen LogP contribution in [0.5, 0.6) is 11.5 Å². The van der Waals surface area contributed by atoms with E-state index in [4.69, 9.17) is 9.47 Å². The van der Waals surface area contributed by atoms with Crippen molar-refractivity contribution in [2.45, 2.75) is 6.54 Å². The van der Waals surface area contributed by atoms with Gasteiger partial charge >= 0.3 is 0 Å². The fraction of sp³-hybridized carbons (Fsp3) is 0.176. The molecule has 0 saturated heterocycles. The molecule has 1 N–H and O–H groups in total. The summed E-state index contributed by atoms with van der Waals surface area (Å²) in [5, 5.41) is 13.9. The van der Waals surface area contributed by atoms with Gasteiger partial charge in [0.25, 0.3) is 5.91 Å². The molecule has 2 aromatic carbocycles. The number of nitrogens with zero attached hydrogens (tertiary/aromatic N) is 4. The van der Waals surface area contributed by atoms with Crippen molar-refractivity contribution >= 4 is 5.91 Å². The van der Waals surface area contributed by atoms with Gasteiger partial charge in [-0.2, -0.15) is 0 Å². The van der Waals surface area contributed by atoms with Crippen LogP contribution in [0.4, 0.5) is 0 Å². The number of carbonyl (C=O) groups excluding carboxylic acids is 1. The minimum atomic E-state index is -0.154. The number of hydrogen-bond donors (Lipinski definition) is 1. The summed E-state index contributed by atoms with van der Waals surface area (Å²) in [6.45, 7) is 1.50. The Morgan fingerprint density at radius 3 is 2.64 bits per heavy atom. The van der Waals surface area contributed by atoms with Crippen LogP contribution >= 0.6 is 0 Å². The number of fused-ring (bicyclic) bond motifs is 1. The standard InChI is InChI=1S/C17H15N5O3/c23-17(13-2-4-14(5-3-13)22-11-19-20-21-22)18-10-12-1-6-15-16(9-12)25-8-7-24-15/h1-6,9,11H,7-8,10H2,(H,18,23). The Bertz CT molecular complexity index is 878. The van der Waals surface area contributed by atoms with E-state index < -0.39 is 0 Å². The lowest BCUT2D eigenvalue weighted by Gasteiger charge is -2.19. The van der Waals surface area contributed by atoms with E-state index in [1.54, 1.807) is 24.3 Å². The number of amides is 1. The summed E-state index contributed by atoms with van der Waals surface area (Å²) >= 11 is 0. The molecule has 4 rings (SSSR count). The van der Waals surface area contributed by atoms with Gasteiger partial charge in [-0.25, -0.2) is 4.68 Å². The third kappa shape index (κ3) is 3.27. The van der Waals surface area contributed by atoms with E-state index in [-0.39, 0.29) is 5.91 Å². The van der Waals surface area contributed by atoms with Gasteiger partial charge in [-0.1, -0.05) is 6.07 Å². The second-order valence-electron chi connectivity index (χ2n) is 5.46. The maximum atomic E-state index is 12.3. The van der Waals surface area contributed by atoms with Crippen molar-refractivity contribution in [2.75, 3.05) is 13.2 Å². The number of nitrogens with one attached hydrogen (secondary N) is 1. The van der Waals surface area contributed by atoms with Crippen LogP contribution in [0.15, 0.2) is 48.8 Å². The van der Waals surface area contributed by atoms with E-state index in [1.807, 2.05) is 18.2 Å². The van der Waals surface area contributed by atoms with Crippen molar-refractivity contribution in [1.82, 2.24) is 25.5 Å². The summed E-state index contributed by atoms with van der Waals surface area (Å²) in [5.74, 6) is 1.29. The molecular weight excluding hydrogens is 322 g/mol. The fourth-order valence-corrected chi connectivity index (χ4v) is 2.53. The fourth-order valence-electron chi connectivity index (χ4n) is 2.53. The van der Waals surface area contributed by atoms with Gasteiger partial charge in [0.15, 0.2) is 11.5 Å². The summed E-state index contributed by atoms with van der Waals surface area (Å²) < 4.78 is 12.6. The summed E-state index contributed by atoms with van der Waals surface area (Å²) in [4.78, 5) is 12.3. The van der Waals surface area contributed by atoms with Crippen LogP contribution in [0.3, 0.4) is 0 Å². The van der Waals surface area contributed by atoms with Crippen LogP contribution in [-0.2, 0) is 6.54 Å². The molecule has 1 aliphatic heterocycles. The second kappa shape index (κ2) is 6.60. The molecule has 0 aliphatic carbocycles. The molecule has 2 heterocycles. The summed E-state index contributed by atoms with van der Waals surface area (Å²) in [6, 6.07) is 12.7. The Morgan fingerprint density at radius 2 is 1.88 bits per heavy atom. The highest BCUT2D eigenvalue weighted by Crippen LogP contribution is 2.30. The van der Waals surface area contributed by atoms with E-state index in [0.717, 1.165) is 17.0 Å². The molecule has 1 amide bonds. The SMILES string of the molecule is O=C(NCc1ccc2c(c1)OCCO2)c1ccc(-n2cnnn2)cc1. The highest BCUT2D eigenvalue weighted by Gasteiger charge is 2.12. The van der Waals surface area contributed by atoms with E-state index in [9.17, 15) is 4.79 Å². The molecule has 25 heavy (non-hydrogen) atoms. The van der Waals surface area contributed by atoms with Gasteiger partial charge in [0, 0.05) is 12.1 Å². The molecule has 0 radical (unpaired) electrons. The molecule has 0 fully saturated rings. The average Bonchev–Trinajstić information content (AvgIpc) is 3.21. The van der Waals surface area contributed by atoms with Crippen LogP contribution in [-0.4, -0.2) is 39.3 Å². The largest absolute Gasteiger partial charge is 0.486 e. The molecule has 0 spiro atoms. The number of aromatic nitrogens is 4. The molecule has 0 atom stereocenters. The van der Waals surface area contributed by atoms with Crippen molar-refractivity contribution in [1.29, 1.82) is 0 Å². The number of ether oxygens (including phenoxy) is 2. The number of benzene rings is 2. The van der Waals surface area contributed by atoms with Gasteiger partial charge in [-0.15, -0.1) is 5.10 Å². The molecule has 0 saturated carbocycles. The molecule has 0 unspecified atom stereocenters. The lowest BCUT2D eigenvalue weighted by atomic mass is 10.1. The summed E-state index contributed by atoms with van der Waals surface area (Å²) in [5.41, 5.74) is 2.30. The first-order chi connectivity index (χ1) is 12.3. The number of rotatable bonds is 4. The highest BCUT2D eigenvalue weighted by molar-refractivity contribution is 5.94. The molecule has 0 bridgehead atoms. The molecule has 126 valence electrons. The van der Waals surface area contributed by atoms with Crippen molar-refractivity contribution in [3.05, 3.63) is 59.9 Å². The smallest absolute Gasteiger partial charge is 0.251 e. The van der Waals surface area contributed by atoms with Crippen molar-refractivity contribution in [2.24, 2.45) is 0 Å². The van der Waals surface area contributed by atoms with E-state index in [2.05, 4.69) is 20.8 Å². The first-order valence-electron chi connectivity index (χ1n) is 7.80. The number of hydrogen-bond acceptors (Lipinski definition) is 6. The van der Waals surface area contributed by atoms with Gasteiger partial charge in [0.1, 0.15) is 19.5 Å². The lowest BCUT2D eigenvalue weighted by molar-refractivity contribution is 0.0951. The van der Waals surface area contributed by atoms with Gasteiger partial charge in [0.2, 0.25) is 0 Å². The monoisotopic (exact) mass is 337 g/mol. The quantitative estimate of drug-likeness (QED) is 0.773. The lowest BCUT2D eigenvalue weighted by Crippen LogP contribution is -2.23. The van der Waals surface area contributed by atoms with Crippen LogP contribution in [0.2, 0.25) is 0 Å². The third-order valence-electron chi connectivity index (χ3n) is 3.80. The summed E-state index contributed by atoms with van der Waals surface area (Å²) in [6.07, 6.45) is 1.50. The van der Waals surface area contributed by atoms with Crippen LogP contribution < -0.4 is 14.8 Å². The topological polar surface area (TPSA) is 91.2 Å². The Labute approximate surface area is 143 Å². The van der Waals surface area contributed by atoms with E-state index in [1.165, 1.54) is 11.0 Å². The molecule has 3 aromatic rings. The highest BCUT2D eigenvalue weighted by atomic mass is 16.6. The molecule has 1 aromatic heterocycles. The second-order valence-corrected chi connectivity index (χ2v) is 5.46. The third-order valence-corrected chi connectivity index (χ3v) is 3.80. The van der Waals surface area contributed by atoms with Gasteiger partial charge in [0.05, 0.1) is 5.69 Å². The van der Waals surface area contributed by atoms with Crippen LogP contribution in [0.25, 0.3) is 5.69 Å². The minimum absolute atomic E-state index is 0.154. The first kappa shape index (κ1) is 15.1. The predicted octanol–water partition coefficient (Wildman–Crippen LogP) is 1.36. The van der Waals surface area contributed by atoms with Crippen molar-refractivity contribution < 1.29 is 14.3 Å². The maximum absolute atomic E-state index is 12.3. The van der Waals surface area contributed by atoms with Crippen molar-refractivity contribution in [3.63, 3.8) is 0 Å². The minimum Gasteiger partial charge on any atom is -0.486 e. The normalized spacial score (nSPS) is 12.6. The zero-order valence-electron chi connectivity index (χ0n) is 13.3. The van der Waals surface area contributed by atoms with E-state index >= 15 is 0 Å². The van der Waals surface area contributed by atoms with E-state index in [0.29, 0.717) is 31.1 Å². The van der Waals surface area contributed by atoms with Crippen LogP contribution in [0, 0.1) is 0 Å².